The average molecular weight is 230 g/mol. The Balaban J connectivity index is 2.22. The van der Waals surface area contributed by atoms with E-state index in [0.29, 0.717) is 12.1 Å². The Morgan fingerprint density at radius 2 is 2.33 bits per heavy atom. The fourth-order valence-corrected chi connectivity index (χ4v) is 2.76. The van der Waals surface area contributed by atoms with Crippen LogP contribution in [0.1, 0.15) is 18.4 Å². The molecule has 1 aromatic heterocycles. The van der Waals surface area contributed by atoms with Crippen LogP contribution in [0, 0.1) is 0 Å². The molecule has 0 spiro atoms. The third-order valence-electron chi connectivity index (χ3n) is 2.21. The monoisotopic (exact) mass is 230 g/mol. The summed E-state index contributed by atoms with van der Waals surface area (Å²) in [4.78, 5) is 0. The molecule has 84 valence electrons. The van der Waals surface area contributed by atoms with Crippen LogP contribution in [0.4, 0.5) is 0 Å². The van der Waals surface area contributed by atoms with Gasteiger partial charge in [-0.3, -0.25) is 5.10 Å². The minimum atomic E-state index is -3.41. The summed E-state index contributed by atoms with van der Waals surface area (Å²) in [6.07, 6.45) is 3.38. The number of H-pyrrole nitrogens is 1. The van der Waals surface area contributed by atoms with E-state index in [4.69, 9.17) is 0 Å². The van der Waals surface area contributed by atoms with Gasteiger partial charge in [-0.2, -0.15) is 5.10 Å². The second kappa shape index (κ2) is 3.92. The van der Waals surface area contributed by atoms with Gasteiger partial charge in [0.1, 0.15) is 0 Å². The van der Waals surface area contributed by atoms with Crippen LogP contribution in [0.5, 0.6) is 0 Å². The van der Waals surface area contributed by atoms with Gasteiger partial charge in [-0.05, 0) is 19.9 Å². The van der Waals surface area contributed by atoms with E-state index in [-0.39, 0.29) is 11.1 Å². The van der Waals surface area contributed by atoms with Crippen LogP contribution in [0.25, 0.3) is 0 Å². The molecule has 1 heterocycles. The molecule has 1 saturated carbocycles. The summed E-state index contributed by atoms with van der Waals surface area (Å²) in [6, 6.07) is 0.112. The second-order valence-corrected chi connectivity index (χ2v) is 5.30. The van der Waals surface area contributed by atoms with Crippen LogP contribution in [-0.2, 0) is 16.6 Å². The van der Waals surface area contributed by atoms with E-state index in [9.17, 15) is 8.42 Å². The molecular weight excluding hydrogens is 216 g/mol. The Hall–Kier alpha value is -0.920. The number of rotatable bonds is 5. The smallest absolute Gasteiger partial charge is 0.258 e. The van der Waals surface area contributed by atoms with Crippen molar-refractivity contribution in [1.82, 2.24) is 20.2 Å². The number of hydrogen-bond donors (Lipinski definition) is 3. The molecule has 0 aliphatic heterocycles. The van der Waals surface area contributed by atoms with Crippen molar-refractivity contribution in [3.05, 3.63) is 11.8 Å². The number of nitrogens with one attached hydrogen (secondary N) is 3. The highest BCUT2D eigenvalue weighted by molar-refractivity contribution is 7.89. The van der Waals surface area contributed by atoms with Crippen LogP contribution in [0.15, 0.2) is 11.2 Å². The summed E-state index contributed by atoms with van der Waals surface area (Å²) >= 11 is 0. The summed E-state index contributed by atoms with van der Waals surface area (Å²) in [5.74, 6) is 0. The van der Waals surface area contributed by atoms with E-state index in [0.717, 1.165) is 12.8 Å². The molecular formula is C8H14N4O2S. The van der Waals surface area contributed by atoms with Crippen LogP contribution >= 0.6 is 0 Å². The standard InChI is InChI=1S/C8H14N4O2S/c1-9-4-6-5-10-11-8(6)15(13,14)12-7-2-3-7/h5,7,9,12H,2-4H2,1H3,(H,10,11). The van der Waals surface area contributed by atoms with Crippen molar-refractivity contribution < 1.29 is 8.42 Å². The van der Waals surface area contributed by atoms with E-state index in [1.165, 1.54) is 6.20 Å². The first-order chi connectivity index (χ1) is 7.13. The molecule has 3 N–H and O–H groups in total. The molecule has 0 saturated heterocycles. The SMILES string of the molecule is CNCc1cn[nH]c1S(=O)(=O)NC1CC1. The molecule has 0 aromatic carbocycles. The number of sulfonamides is 1. The molecule has 1 fully saturated rings. The van der Waals surface area contributed by atoms with E-state index in [2.05, 4.69) is 20.2 Å². The maximum atomic E-state index is 11.8. The average Bonchev–Trinajstić information content (AvgIpc) is 2.82. The first-order valence-corrected chi connectivity index (χ1v) is 6.31. The van der Waals surface area contributed by atoms with Gasteiger partial charge in [-0.25, -0.2) is 13.1 Å². The first kappa shape index (κ1) is 10.6. The third-order valence-corrected chi connectivity index (χ3v) is 3.75. The number of aromatic amines is 1. The summed E-state index contributed by atoms with van der Waals surface area (Å²) in [6.45, 7) is 0.484. The molecule has 2 rings (SSSR count). The van der Waals surface area contributed by atoms with Gasteiger partial charge in [0.25, 0.3) is 10.0 Å². The predicted molar refractivity (Wildman–Crippen MR) is 54.7 cm³/mol. The Bertz CT molecular complexity index is 435. The lowest BCUT2D eigenvalue weighted by Gasteiger charge is -2.05. The molecule has 1 aliphatic rings. The zero-order valence-corrected chi connectivity index (χ0v) is 9.26. The lowest BCUT2D eigenvalue weighted by atomic mass is 10.4. The van der Waals surface area contributed by atoms with Crippen LogP contribution in [0.2, 0.25) is 0 Å². The normalized spacial score (nSPS) is 16.9. The van der Waals surface area contributed by atoms with Crippen molar-refractivity contribution in [3.63, 3.8) is 0 Å². The molecule has 0 unspecified atom stereocenters. The lowest BCUT2D eigenvalue weighted by molar-refractivity contribution is 0.574. The highest BCUT2D eigenvalue weighted by Gasteiger charge is 2.30. The Morgan fingerprint density at radius 1 is 1.60 bits per heavy atom. The topological polar surface area (TPSA) is 86.9 Å². The molecule has 0 bridgehead atoms. The van der Waals surface area contributed by atoms with Crippen molar-refractivity contribution in [3.8, 4) is 0 Å². The molecule has 1 aromatic rings. The molecule has 1 aliphatic carbocycles. The molecule has 7 heteroatoms. The Kier molecular flexibility index (Phi) is 2.76. The van der Waals surface area contributed by atoms with E-state index < -0.39 is 10.0 Å². The van der Waals surface area contributed by atoms with Gasteiger partial charge < -0.3 is 5.32 Å². The molecule has 0 amide bonds. The third kappa shape index (κ3) is 2.36. The van der Waals surface area contributed by atoms with Gasteiger partial charge in [0.15, 0.2) is 5.03 Å². The van der Waals surface area contributed by atoms with Crippen molar-refractivity contribution in [2.45, 2.75) is 30.5 Å². The zero-order valence-electron chi connectivity index (χ0n) is 8.45. The summed E-state index contributed by atoms with van der Waals surface area (Å²) in [7, 11) is -1.65. The maximum Gasteiger partial charge on any atom is 0.258 e. The van der Waals surface area contributed by atoms with E-state index >= 15 is 0 Å². The van der Waals surface area contributed by atoms with Gasteiger partial charge in [-0.1, -0.05) is 0 Å². The molecule has 0 radical (unpaired) electrons. The number of hydrogen-bond acceptors (Lipinski definition) is 4. The van der Waals surface area contributed by atoms with Crippen molar-refractivity contribution in [2.24, 2.45) is 0 Å². The highest BCUT2D eigenvalue weighted by Crippen LogP contribution is 2.22. The molecule has 0 atom stereocenters. The quantitative estimate of drug-likeness (QED) is 0.640. The van der Waals surface area contributed by atoms with Crippen LogP contribution < -0.4 is 10.0 Å². The van der Waals surface area contributed by atoms with E-state index in [1.807, 2.05) is 0 Å². The largest absolute Gasteiger partial charge is 0.316 e. The fraction of sp³-hybridized carbons (Fsp3) is 0.625. The lowest BCUT2D eigenvalue weighted by Crippen LogP contribution is -2.27. The number of nitrogens with zero attached hydrogens (tertiary/aromatic N) is 1. The van der Waals surface area contributed by atoms with Gasteiger partial charge in [0, 0.05) is 18.2 Å². The Morgan fingerprint density at radius 3 is 2.93 bits per heavy atom. The second-order valence-electron chi connectivity index (χ2n) is 3.65. The summed E-state index contributed by atoms with van der Waals surface area (Å²) in [5, 5.41) is 9.34. The zero-order chi connectivity index (χ0) is 10.9. The predicted octanol–water partition coefficient (Wildman–Crippen LogP) is -0.430. The summed E-state index contributed by atoms with van der Waals surface area (Å²) < 4.78 is 26.3. The van der Waals surface area contributed by atoms with Gasteiger partial charge >= 0.3 is 0 Å². The van der Waals surface area contributed by atoms with Crippen LogP contribution in [0.3, 0.4) is 0 Å². The van der Waals surface area contributed by atoms with Crippen molar-refractivity contribution in [1.29, 1.82) is 0 Å². The van der Waals surface area contributed by atoms with E-state index in [1.54, 1.807) is 7.05 Å². The van der Waals surface area contributed by atoms with Gasteiger partial charge in [0.05, 0.1) is 6.20 Å². The fourth-order valence-electron chi connectivity index (χ4n) is 1.33. The first-order valence-electron chi connectivity index (χ1n) is 4.82. The van der Waals surface area contributed by atoms with Crippen molar-refractivity contribution in [2.75, 3.05) is 7.05 Å². The molecule has 6 nitrogen and oxygen atoms in total. The van der Waals surface area contributed by atoms with Gasteiger partial charge in [-0.15, -0.1) is 0 Å². The minimum Gasteiger partial charge on any atom is -0.316 e. The minimum absolute atomic E-state index is 0.112. The Labute approximate surface area is 88.5 Å². The van der Waals surface area contributed by atoms with Crippen molar-refractivity contribution >= 4 is 10.0 Å². The summed E-state index contributed by atoms with van der Waals surface area (Å²) in [5.41, 5.74) is 0.658. The number of aromatic nitrogens is 2. The van der Waals surface area contributed by atoms with Crippen LogP contribution in [-0.4, -0.2) is 31.7 Å². The van der Waals surface area contributed by atoms with Gasteiger partial charge in [0.2, 0.25) is 0 Å². The highest BCUT2D eigenvalue weighted by atomic mass is 32.2. The molecule has 15 heavy (non-hydrogen) atoms. The maximum absolute atomic E-state index is 11.8.